The molecule has 2 heterocycles. The summed E-state index contributed by atoms with van der Waals surface area (Å²) in [5, 5.41) is 7.88. The Labute approximate surface area is 121 Å². The highest BCUT2D eigenvalue weighted by molar-refractivity contribution is 6.61. The van der Waals surface area contributed by atoms with Gasteiger partial charge in [0.15, 0.2) is 0 Å². The van der Waals surface area contributed by atoms with E-state index in [4.69, 9.17) is 9.31 Å². The van der Waals surface area contributed by atoms with Gasteiger partial charge in [-0.05, 0) is 40.5 Å². The van der Waals surface area contributed by atoms with Crippen molar-refractivity contribution in [3.8, 4) is 0 Å². The third-order valence-electron chi connectivity index (χ3n) is 4.53. The van der Waals surface area contributed by atoms with Crippen LogP contribution in [0.25, 0.3) is 0 Å². The molecule has 20 heavy (non-hydrogen) atoms. The molecule has 0 atom stereocenters. The maximum absolute atomic E-state index is 6.02. The number of hydrogen-bond acceptors (Lipinski definition) is 4. The van der Waals surface area contributed by atoms with Gasteiger partial charge in [-0.1, -0.05) is 0 Å². The molecule has 2 fully saturated rings. The van der Waals surface area contributed by atoms with Gasteiger partial charge < -0.3 is 14.6 Å². The van der Waals surface area contributed by atoms with Crippen LogP contribution in [0.5, 0.6) is 0 Å². The van der Waals surface area contributed by atoms with Gasteiger partial charge >= 0.3 is 7.12 Å². The monoisotopic (exact) mass is 277 g/mol. The van der Waals surface area contributed by atoms with Gasteiger partial charge in [0.05, 0.1) is 17.7 Å². The van der Waals surface area contributed by atoms with Crippen molar-refractivity contribution in [1.82, 2.24) is 15.1 Å². The molecule has 0 spiro atoms. The molecule has 1 saturated carbocycles. The first-order chi connectivity index (χ1) is 9.37. The summed E-state index contributed by atoms with van der Waals surface area (Å²) in [6.07, 6.45) is 6.51. The molecule has 2 aliphatic rings. The molecule has 3 rings (SSSR count). The third kappa shape index (κ3) is 2.78. The molecule has 0 unspecified atom stereocenters. The van der Waals surface area contributed by atoms with Crippen LogP contribution in [0.1, 0.15) is 40.5 Å². The van der Waals surface area contributed by atoms with Crippen LogP contribution in [0.15, 0.2) is 12.4 Å². The Morgan fingerprint density at radius 2 is 1.95 bits per heavy atom. The second-order valence-electron chi connectivity index (χ2n) is 6.85. The van der Waals surface area contributed by atoms with Crippen molar-refractivity contribution >= 4 is 12.6 Å². The largest absolute Gasteiger partial charge is 0.498 e. The highest BCUT2D eigenvalue weighted by atomic mass is 16.7. The molecular formula is C14H24BN3O2. The normalized spacial score (nSPS) is 24.3. The Balaban J connectivity index is 1.59. The number of rotatable bonds is 5. The van der Waals surface area contributed by atoms with Crippen molar-refractivity contribution in [3.63, 3.8) is 0 Å². The van der Waals surface area contributed by atoms with E-state index >= 15 is 0 Å². The molecule has 1 saturated heterocycles. The van der Waals surface area contributed by atoms with Crippen LogP contribution in [-0.2, 0) is 15.9 Å². The van der Waals surface area contributed by atoms with Gasteiger partial charge in [-0.15, -0.1) is 0 Å². The molecule has 0 radical (unpaired) electrons. The van der Waals surface area contributed by atoms with Crippen LogP contribution in [0.3, 0.4) is 0 Å². The van der Waals surface area contributed by atoms with E-state index in [0.29, 0.717) is 0 Å². The van der Waals surface area contributed by atoms with Crippen LogP contribution in [0.4, 0.5) is 0 Å². The first kappa shape index (κ1) is 14.1. The Kier molecular flexibility index (Phi) is 3.43. The average molecular weight is 277 g/mol. The Hall–Kier alpha value is -0.845. The lowest BCUT2D eigenvalue weighted by atomic mass is 9.82. The molecular weight excluding hydrogens is 253 g/mol. The summed E-state index contributed by atoms with van der Waals surface area (Å²) in [6, 6.07) is 0.744. The minimum atomic E-state index is -0.315. The fourth-order valence-corrected chi connectivity index (χ4v) is 2.27. The van der Waals surface area contributed by atoms with Gasteiger partial charge in [-0.25, -0.2) is 0 Å². The summed E-state index contributed by atoms with van der Waals surface area (Å²) in [5.41, 5.74) is 0.399. The van der Waals surface area contributed by atoms with Crippen molar-refractivity contribution in [1.29, 1.82) is 0 Å². The van der Waals surface area contributed by atoms with Gasteiger partial charge in [0.2, 0.25) is 0 Å². The smallest absolute Gasteiger partial charge is 0.399 e. The molecule has 5 nitrogen and oxygen atoms in total. The zero-order chi connectivity index (χ0) is 14.4. The predicted octanol–water partition coefficient (Wildman–Crippen LogP) is 0.934. The molecule has 6 heteroatoms. The summed E-state index contributed by atoms with van der Waals surface area (Å²) >= 11 is 0. The highest BCUT2D eigenvalue weighted by Gasteiger charge is 2.52. The average Bonchev–Trinajstić information content (AvgIpc) is 2.98. The maximum atomic E-state index is 6.02. The van der Waals surface area contributed by atoms with Crippen LogP contribution < -0.4 is 10.8 Å². The lowest BCUT2D eigenvalue weighted by Gasteiger charge is -2.32. The van der Waals surface area contributed by atoms with Crippen LogP contribution in [-0.4, -0.2) is 40.7 Å². The Morgan fingerprint density at radius 1 is 1.30 bits per heavy atom. The first-order valence-electron chi connectivity index (χ1n) is 7.49. The lowest BCUT2D eigenvalue weighted by molar-refractivity contribution is 0.00578. The highest BCUT2D eigenvalue weighted by Crippen LogP contribution is 2.36. The van der Waals surface area contributed by atoms with Gasteiger partial charge in [-0.2, -0.15) is 5.10 Å². The molecule has 110 valence electrons. The van der Waals surface area contributed by atoms with E-state index in [-0.39, 0.29) is 18.3 Å². The maximum Gasteiger partial charge on any atom is 0.498 e. The third-order valence-corrected chi connectivity index (χ3v) is 4.53. The van der Waals surface area contributed by atoms with E-state index in [1.54, 1.807) is 0 Å². The van der Waals surface area contributed by atoms with E-state index in [0.717, 1.165) is 24.6 Å². The van der Waals surface area contributed by atoms with E-state index in [2.05, 4.69) is 38.1 Å². The first-order valence-corrected chi connectivity index (χ1v) is 7.49. The van der Waals surface area contributed by atoms with E-state index in [9.17, 15) is 0 Å². The number of nitrogens with one attached hydrogen (secondary N) is 1. The number of nitrogens with zero attached hydrogens (tertiary/aromatic N) is 2. The van der Waals surface area contributed by atoms with E-state index < -0.39 is 0 Å². The standard InChI is InChI=1S/C14H24BN3O2/c1-13(2)14(3,4)20-15(19-13)11-9-17-18(10-11)8-7-16-12-5-6-12/h9-10,12,16H,5-8H2,1-4H3. The summed E-state index contributed by atoms with van der Waals surface area (Å²) in [7, 11) is -0.315. The molecule has 1 aromatic rings. The van der Waals surface area contributed by atoms with Crippen molar-refractivity contribution in [2.75, 3.05) is 6.54 Å². The summed E-state index contributed by atoms with van der Waals surface area (Å²) in [6.45, 7) is 10.1. The quantitative estimate of drug-likeness (QED) is 0.814. The van der Waals surface area contributed by atoms with Crippen molar-refractivity contribution in [2.45, 2.75) is 64.3 Å². The second kappa shape index (κ2) is 4.86. The lowest BCUT2D eigenvalue weighted by Crippen LogP contribution is -2.41. The summed E-state index contributed by atoms with van der Waals surface area (Å²) in [4.78, 5) is 0. The minimum Gasteiger partial charge on any atom is -0.399 e. The Morgan fingerprint density at radius 3 is 2.55 bits per heavy atom. The van der Waals surface area contributed by atoms with Gasteiger partial charge in [0, 0.05) is 30.4 Å². The summed E-state index contributed by atoms with van der Waals surface area (Å²) < 4.78 is 14.0. The zero-order valence-electron chi connectivity index (χ0n) is 12.8. The van der Waals surface area contributed by atoms with Crippen molar-refractivity contribution < 1.29 is 9.31 Å². The molecule has 1 N–H and O–H groups in total. The predicted molar refractivity (Wildman–Crippen MR) is 79.0 cm³/mol. The van der Waals surface area contributed by atoms with E-state index in [1.165, 1.54) is 12.8 Å². The van der Waals surface area contributed by atoms with Gasteiger partial charge in [0.1, 0.15) is 0 Å². The SMILES string of the molecule is CC1(C)OB(c2cnn(CCNC3CC3)c2)OC1(C)C. The fourth-order valence-electron chi connectivity index (χ4n) is 2.27. The topological polar surface area (TPSA) is 48.3 Å². The molecule has 0 amide bonds. The molecule has 1 aliphatic carbocycles. The fraction of sp³-hybridized carbons (Fsp3) is 0.786. The zero-order valence-corrected chi connectivity index (χ0v) is 12.8. The molecule has 1 aromatic heterocycles. The summed E-state index contributed by atoms with van der Waals surface area (Å²) in [5.74, 6) is 0. The number of aromatic nitrogens is 2. The molecule has 1 aliphatic heterocycles. The van der Waals surface area contributed by atoms with Gasteiger partial charge in [-0.3, -0.25) is 4.68 Å². The van der Waals surface area contributed by atoms with Crippen LogP contribution in [0, 0.1) is 0 Å². The number of hydrogen-bond donors (Lipinski definition) is 1. The molecule has 0 bridgehead atoms. The minimum absolute atomic E-state index is 0.298. The van der Waals surface area contributed by atoms with Crippen LogP contribution in [0.2, 0.25) is 0 Å². The van der Waals surface area contributed by atoms with Crippen molar-refractivity contribution in [3.05, 3.63) is 12.4 Å². The van der Waals surface area contributed by atoms with Crippen LogP contribution >= 0.6 is 0 Å². The second-order valence-corrected chi connectivity index (χ2v) is 6.85. The van der Waals surface area contributed by atoms with E-state index in [1.807, 2.05) is 17.1 Å². The molecule has 0 aromatic carbocycles. The Bertz CT molecular complexity index is 467. The van der Waals surface area contributed by atoms with Gasteiger partial charge in [0.25, 0.3) is 0 Å². The van der Waals surface area contributed by atoms with Crippen molar-refractivity contribution in [2.24, 2.45) is 0 Å².